The topological polar surface area (TPSA) is 25.8 Å². The van der Waals surface area contributed by atoms with E-state index in [2.05, 4.69) is 21.8 Å². The number of pyridine rings is 1. The summed E-state index contributed by atoms with van der Waals surface area (Å²) in [6.45, 7) is 0. The molecular formula is C14H6F2N2S. The first-order valence-electron chi connectivity index (χ1n) is 5.39. The first kappa shape index (κ1) is 11.8. The Bertz CT molecular complexity index is 795. The molecule has 0 bridgehead atoms. The van der Waals surface area contributed by atoms with Gasteiger partial charge in [0.05, 0.1) is 15.8 Å². The lowest BCUT2D eigenvalue weighted by Gasteiger charge is -1.95. The summed E-state index contributed by atoms with van der Waals surface area (Å²) >= 11 is 1.44. The molecule has 0 N–H and O–H groups in total. The predicted octanol–water partition coefficient (Wildman–Crippen LogP) is 3.37. The second-order valence-corrected chi connectivity index (χ2v) is 4.63. The Balaban J connectivity index is 2.03. The first-order valence-corrected chi connectivity index (χ1v) is 6.27. The average Bonchev–Trinajstić information content (AvgIpc) is 2.85. The van der Waals surface area contributed by atoms with Crippen LogP contribution in [0.25, 0.3) is 10.3 Å². The van der Waals surface area contributed by atoms with Gasteiger partial charge in [-0.15, -0.1) is 11.3 Å². The third kappa shape index (κ3) is 2.30. The average molecular weight is 272 g/mol. The molecule has 0 aliphatic rings. The molecular weight excluding hydrogens is 266 g/mol. The van der Waals surface area contributed by atoms with E-state index in [4.69, 9.17) is 0 Å². The molecule has 0 unspecified atom stereocenters. The zero-order chi connectivity index (χ0) is 13.2. The summed E-state index contributed by atoms with van der Waals surface area (Å²) < 4.78 is 27.7. The van der Waals surface area contributed by atoms with Crippen LogP contribution in [0, 0.1) is 23.5 Å². The molecule has 5 heteroatoms. The van der Waals surface area contributed by atoms with E-state index < -0.39 is 11.6 Å². The van der Waals surface area contributed by atoms with Crippen LogP contribution in [0.2, 0.25) is 0 Å². The van der Waals surface area contributed by atoms with Crippen molar-refractivity contribution in [2.45, 2.75) is 0 Å². The minimum absolute atomic E-state index is 0.230. The fraction of sp³-hybridized carbons (Fsp3) is 0. The van der Waals surface area contributed by atoms with E-state index in [0.29, 0.717) is 11.2 Å². The standard InChI is InChI=1S/C14H6F2N2S/c15-11-2-1-3-12(16)10(11)5-4-9-6-13-14(17-7-9)18-8-19-13/h1-3,6-8H. The van der Waals surface area contributed by atoms with Gasteiger partial charge in [0.1, 0.15) is 11.6 Å². The van der Waals surface area contributed by atoms with Crippen molar-refractivity contribution < 1.29 is 8.78 Å². The highest BCUT2D eigenvalue weighted by Gasteiger charge is 2.04. The number of hydrogen-bond donors (Lipinski definition) is 0. The van der Waals surface area contributed by atoms with Crippen molar-refractivity contribution in [3.8, 4) is 11.8 Å². The second kappa shape index (κ2) is 4.75. The number of fused-ring (bicyclic) bond motifs is 1. The maximum absolute atomic E-state index is 13.4. The highest BCUT2D eigenvalue weighted by molar-refractivity contribution is 7.16. The summed E-state index contributed by atoms with van der Waals surface area (Å²) in [7, 11) is 0. The fourth-order valence-electron chi connectivity index (χ4n) is 1.57. The SMILES string of the molecule is Fc1cccc(F)c1C#Cc1cnc2ncsc2c1. The van der Waals surface area contributed by atoms with Crippen LogP contribution >= 0.6 is 11.3 Å². The normalized spacial score (nSPS) is 10.2. The summed E-state index contributed by atoms with van der Waals surface area (Å²) in [5.74, 6) is 3.87. The molecule has 0 amide bonds. The van der Waals surface area contributed by atoms with Crippen LogP contribution < -0.4 is 0 Å². The van der Waals surface area contributed by atoms with Gasteiger partial charge in [-0.25, -0.2) is 18.7 Å². The Morgan fingerprint density at radius 1 is 1.05 bits per heavy atom. The van der Waals surface area contributed by atoms with Crippen molar-refractivity contribution in [1.82, 2.24) is 9.97 Å². The minimum Gasteiger partial charge on any atom is -0.235 e. The smallest absolute Gasteiger partial charge is 0.170 e. The van der Waals surface area contributed by atoms with Gasteiger partial charge in [0.2, 0.25) is 0 Å². The summed E-state index contributed by atoms with van der Waals surface area (Å²) in [4.78, 5) is 8.15. The molecule has 0 radical (unpaired) electrons. The van der Waals surface area contributed by atoms with Crippen LogP contribution in [0.15, 0.2) is 36.0 Å². The molecule has 0 atom stereocenters. The zero-order valence-electron chi connectivity index (χ0n) is 9.52. The van der Waals surface area contributed by atoms with Gasteiger partial charge in [-0.2, -0.15) is 0 Å². The van der Waals surface area contributed by atoms with Gasteiger partial charge in [0.25, 0.3) is 0 Å². The lowest BCUT2D eigenvalue weighted by atomic mass is 10.2. The first-order chi connectivity index (χ1) is 9.24. The number of hydrogen-bond acceptors (Lipinski definition) is 3. The van der Waals surface area contributed by atoms with Gasteiger partial charge in [0.15, 0.2) is 5.65 Å². The molecule has 3 rings (SSSR count). The molecule has 0 spiro atoms. The molecule has 0 saturated carbocycles. The number of aromatic nitrogens is 2. The molecule has 2 nitrogen and oxygen atoms in total. The largest absolute Gasteiger partial charge is 0.235 e. The Kier molecular flexibility index (Phi) is 2.94. The Morgan fingerprint density at radius 3 is 2.63 bits per heavy atom. The van der Waals surface area contributed by atoms with E-state index in [1.807, 2.05) is 0 Å². The van der Waals surface area contributed by atoms with Crippen LogP contribution in [0.1, 0.15) is 11.1 Å². The van der Waals surface area contributed by atoms with Crippen molar-refractivity contribution in [2.24, 2.45) is 0 Å². The molecule has 0 saturated heterocycles. The van der Waals surface area contributed by atoms with Crippen LogP contribution in [0.3, 0.4) is 0 Å². The lowest BCUT2D eigenvalue weighted by molar-refractivity contribution is 0.577. The van der Waals surface area contributed by atoms with E-state index in [0.717, 1.165) is 4.70 Å². The van der Waals surface area contributed by atoms with E-state index in [9.17, 15) is 8.78 Å². The zero-order valence-corrected chi connectivity index (χ0v) is 10.3. The van der Waals surface area contributed by atoms with E-state index >= 15 is 0 Å². The monoisotopic (exact) mass is 272 g/mol. The summed E-state index contributed by atoms with van der Waals surface area (Å²) in [6, 6.07) is 5.46. The highest BCUT2D eigenvalue weighted by atomic mass is 32.1. The second-order valence-electron chi connectivity index (χ2n) is 3.74. The summed E-state index contributed by atoms with van der Waals surface area (Å²) in [5, 5.41) is 0. The van der Waals surface area contributed by atoms with Crippen molar-refractivity contribution in [3.05, 3.63) is 58.7 Å². The molecule has 0 fully saturated rings. The number of rotatable bonds is 0. The van der Waals surface area contributed by atoms with Crippen molar-refractivity contribution in [3.63, 3.8) is 0 Å². The quantitative estimate of drug-likeness (QED) is 0.586. The maximum atomic E-state index is 13.4. The van der Waals surface area contributed by atoms with E-state index in [1.165, 1.54) is 35.7 Å². The van der Waals surface area contributed by atoms with E-state index in [-0.39, 0.29) is 5.56 Å². The summed E-state index contributed by atoms with van der Waals surface area (Å²) in [6.07, 6.45) is 1.54. The summed E-state index contributed by atoms with van der Waals surface area (Å²) in [5.41, 5.74) is 2.70. The van der Waals surface area contributed by atoms with Gasteiger partial charge in [-0.1, -0.05) is 17.9 Å². The van der Waals surface area contributed by atoms with Crippen LogP contribution in [0.4, 0.5) is 8.78 Å². The highest BCUT2D eigenvalue weighted by Crippen LogP contribution is 2.16. The Hall–Kier alpha value is -2.32. The number of nitrogens with zero attached hydrogens (tertiary/aromatic N) is 2. The molecule has 0 aliphatic carbocycles. The molecule has 19 heavy (non-hydrogen) atoms. The van der Waals surface area contributed by atoms with Crippen LogP contribution in [-0.2, 0) is 0 Å². The Morgan fingerprint density at radius 2 is 1.84 bits per heavy atom. The number of benzene rings is 1. The molecule has 3 aromatic rings. The van der Waals surface area contributed by atoms with Gasteiger partial charge in [-0.3, -0.25) is 0 Å². The van der Waals surface area contributed by atoms with Gasteiger partial charge in [-0.05, 0) is 18.2 Å². The van der Waals surface area contributed by atoms with Crippen molar-refractivity contribution >= 4 is 21.7 Å². The molecule has 2 heterocycles. The van der Waals surface area contributed by atoms with Crippen molar-refractivity contribution in [1.29, 1.82) is 0 Å². The van der Waals surface area contributed by atoms with Gasteiger partial charge < -0.3 is 0 Å². The molecule has 0 aliphatic heterocycles. The van der Waals surface area contributed by atoms with Crippen LogP contribution in [-0.4, -0.2) is 9.97 Å². The lowest BCUT2D eigenvalue weighted by Crippen LogP contribution is -1.89. The molecule has 1 aromatic carbocycles. The third-order valence-electron chi connectivity index (χ3n) is 2.48. The fourth-order valence-corrected chi connectivity index (χ4v) is 2.25. The van der Waals surface area contributed by atoms with Crippen LogP contribution in [0.5, 0.6) is 0 Å². The van der Waals surface area contributed by atoms with Crippen molar-refractivity contribution in [2.75, 3.05) is 0 Å². The predicted molar refractivity (Wildman–Crippen MR) is 69.8 cm³/mol. The molecule has 92 valence electrons. The Labute approximate surface area is 111 Å². The maximum Gasteiger partial charge on any atom is 0.170 e. The minimum atomic E-state index is -0.667. The number of thiazole rings is 1. The molecule has 2 aromatic heterocycles. The van der Waals surface area contributed by atoms with Gasteiger partial charge >= 0.3 is 0 Å². The van der Waals surface area contributed by atoms with E-state index in [1.54, 1.807) is 11.6 Å². The number of halogens is 2. The third-order valence-corrected chi connectivity index (χ3v) is 3.25. The van der Waals surface area contributed by atoms with Gasteiger partial charge in [0, 0.05) is 11.8 Å².